The summed E-state index contributed by atoms with van der Waals surface area (Å²) in [6, 6.07) is 16.3. The topological polar surface area (TPSA) is 77.9 Å². The van der Waals surface area contributed by atoms with Crippen LogP contribution in [0.5, 0.6) is 0 Å². The molecular formula is C20H14N4O2. The Labute approximate surface area is 149 Å². The molecule has 0 fully saturated rings. The van der Waals surface area contributed by atoms with Gasteiger partial charge in [0.1, 0.15) is 11.4 Å². The number of aromatic nitrogens is 4. The summed E-state index contributed by atoms with van der Waals surface area (Å²) in [5.41, 5.74) is 4.32. The zero-order valence-electron chi connectivity index (χ0n) is 14.0. The molecule has 0 saturated heterocycles. The quantitative estimate of drug-likeness (QED) is 0.530. The van der Waals surface area contributed by atoms with Gasteiger partial charge < -0.3 is 4.74 Å². The summed E-state index contributed by atoms with van der Waals surface area (Å²) in [4.78, 5) is 30.1. The minimum absolute atomic E-state index is 0.415. The van der Waals surface area contributed by atoms with Gasteiger partial charge in [-0.1, -0.05) is 12.1 Å². The molecule has 0 aliphatic rings. The van der Waals surface area contributed by atoms with E-state index in [2.05, 4.69) is 9.97 Å². The van der Waals surface area contributed by atoms with E-state index in [1.165, 1.54) is 7.11 Å². The van der Waals surface area contributed by atoms with Crippen LogP contribution in [-0.2, 0) is 4.74 Å². The first-order chi connectivity index (χ1) is 12.8. The van der Waals surface area contributed by atoms with Gasteiger partial charge in [-0.15, -0.1) is 0 Å². The van der Waals surface area contributed by atoms with Crippen LogP contribution in [0, 0.1) is 0 Å². The first kappa shape index (κ1) is 15.8. The fourth-order valence-corrected chi connectivity index (χ4v) is 2.66. The lowest BCUT2D eigenvalue weighted by atomic mass is 10.1. The summed E-state index contributed by atoms with van der Waals surface area (Å²) >= 11 is 0. The average Bonchev–Trinajstić information content (AvgIpc) is 2.73. The lowest BCUT2D eigenvalue weighted by molar-refractivity contribution is 0.0601. The zero-order valence-corrected chi connectivity index (χ0v) is 14.0. The van der Waals surface area contributed by atoms with E-state index in [0.717, 1.165) is 0 Å². The van der Waals surface area contributed by atoms with Gasteiger partial charge >= 0.3 is 5.97 Å². The standard InChI is InChI=1S/C20H14N4O2/c1-26-20(25)13-8-9-14-17(12-13)24-19(16-7-3-5-11-22-16)18(23-14)15-6-2-4-10-21-15/h2-12H,1H3. The number of benzene rings is 1. The monoisotopic (exact) mass is 342 g/mol. The van der Waals surface area contributed by atoms with E-state index in [0.29, 0.717) is 39.4 Å². The minimum Gasteiger partial charge on any atom is -0.465 e. The third-order valence-electron chi connectivity index (χ3n) is 3.90. The number of esters is 1. The van der Waals surface area contributed by atoms with Gasteiger partial charge in [0.15, 0.2) is 0 Å². The molecule has 0 atom stereocenters. The highest BCUT2D eigenvalue weighted by Crippen LogP contribution is 2.28. The second kappa shape index (κ2) is 6.68. The molecule has 0 saturated carbocycles. The molecule has 0 unspecified atom stereocenters. The number of fused-ring (bicyclic) bond motifs is 1. The Bertz CT molecular complexity index is 1080. The molecule has 0 N–H and O–H groups in total. The smallest absolute Gasteiger partial charge is 0.337 e. The SMILES string of the molecule is COC(=O)c1ccc2nc(-c3ccccn3)c(-c3ccccn3)nc2c1. The maximum absolute atomic E-state index is 11.8. The Kier molecular flexibility index (Phi) is 4.07. The second-order valence-electron chi connectivity index (χ2n) is 5.55. The van der Waals surface area contributed by atoms with Gasteiger partial charge in [0.2, 0.25) is 0 Å². The molecule has 0 aliphatic carbocycles. The minimum atomic E-state index is -0.415. The number of rotatable bonds is 3. The van der Waals surface area contributed by atoms with Crippen molar-refractivity contribution < 1.29 is 9.53 Å². The first-order valence-corrected chi connectivity index (χ1v) is 7.99. The van der Waals surface area contributed by atoms with Gasteiger partial charge in [0.25, 0.3) is 0 Å². The average molecular weight is 342 g/mol. The molecular weight excluding hydrogens is 328 g/mol. The number of ether oxygens (including phenoxy) is 1. The number of hydrogen-bond acceptors (Lipinski definition) is 6. The largest absolute Gasteiger partial charge is 0.465 e. The van der Waals surface area contributed by atoms with E-state index in [-0.39, 0.29) is 0 Å². The maximum Gasteiger partial charge on any atom is 0.337 e. The Morgan fingerprint density at radius 2 is 1.42 bits per heavy atom. The zero-order chi connectivity index (χ0) is 17.9. The molecule has 0 spiro atoms. The van der Waals surface area contributed by atoms with Gasteiger partial charge in [0, 0.05) is 12.4 Å². The predicted molar refractivity (Wildman–Crippen MR) is 97.3 cm³/mol. The molecule has 6 nitrogen and oxygen atoms in total. The summed E-state index contributed by atoms with van der Waals surface area (Å²) in [6.07, 6.45) is 3.41. The second-order valence-corrected chi connectivity index (χ2v) is 5.55. The van der Waals surface area contributed by atoms with E-state index in [9.17, 15) is 4.79 Å². The van der Waals surface area contributed by atoms with Crippen LogP contribution < -0.4 is 0 Å². The summed E-state index contributed by atoms with van der Waals surface area (Å²) in [5.74, 6) is -0.415. The number of nitrogens with zero attached hydrogens (tertiary/aromatic N) is 4. The van der Waals surface area contributed by atoms with Crippen molar-refractivity contribution >= 4 is 17.0 Å². The third kappa shape index (κ3) is 2.88. The number of carbonyl (C=O) groups is 1. The summed E-state index contributed by atoms with van der Waals surface area (Å²) in [5, 5.41) is 0. The van der Waals surface area contributed by atoms with E-state index >= 15 is 0 Å². The van der Waals surface area contributed by atoms with E-state index in [4.69, 9.17) is 14.7 Å². The molecule has 6 heteroatoms. The lowest BCUT2D eigenvalue weighted by Gasteiger charge is -2.10. The number of hydrogen-bond donors (Lipinski definition) is 0. The summed E-state index contributed by atoms with van der Waals surface area (Å²) < 4.78 is 4.78. The number of pyridine rings is 2. The van der Waals surface area contributed by atoms with Crippen LogP contribution in [0.25, 0.3) is 33.8 Å². The van der Waals surface area contributed by atoms with Crippen molar-refractivity contribution in [3.05, 3.63) is 72.6 Å². The van der Waals surface area contributed by atoms with E-state index in [1.807, 2.05) is 36.4 Å². The molecule has 3 aromatic heterocycles. The number of carbonyl (C=O) groups excluding carboxylic acids is 1. The van der Waals surface area contributed by atoms with Crippen molar-refractivity contribution in [1.82, 2.24) is 19.9 Å². The molecule has 0 amide bonds. The van der Waals surface area contributed by atoms with Crippen LogP contribution >= 0.6 is 0 Å². The molecule has 0 bridgehead atoms. The van der Waals surface area contributed by atoms with E-state index in [1.54, 1.807) is 30.6 Å². The number of methoxy groups -OCH3 is 1. The van der Waals surface area contributed by atoms with Gasteiger partial charge in [-0.25, -0.2) is 14.8 Å². The highest BCUT2D eigenvalue weighted by atomic mass is 16.5. The molecule has 4 rings (SSSR count). The van der Waals surface area contributed by atoms with Crippen molar-refractivity contribution in [3.8, 4) is 22.8 Å². The highest BCUT2D eigenvalue weighted by molar-refractivity contribution is 5.94. The van der Waals surface area contributed by atoms with Crippen molar-refractivity contribution in [2.75, 3.05) is 7.11 Å². The van der Waals surface area contributed by atoms with Crippen LogP contribution in [0.1, 0.15) is 10.4 Å². The van der Waals surface area contributed by atoms with E-state index < -0.39 is 5.97 Å². The maximum atomic E-state index is 11.8. The Hall–Kier alpha value is -3.67. The third-order valence-corrected chi connectivity index (χ3v) is 3.90. The van der Waals surface area contributed by atoms with Crippen molar-refractivity contribution in [2.24, 2.45) is 0 Å². The van der Waals surface area contributed by atoms with Gasteiger partial charge in [0.05, 0.1) is 35.1 Å². The molecule has 4 aromatic rings. The normalized spacial score (nSPS) is 10.7. The predicted octanol–water partition coefficient (Wildman–Crippen LogP) is 3.54. The van der Waals surface area contributed by atoms with Gasteiger partial charge in [-0.05, 0) is 42.5 Å². The Morgan fingerprint density at radius 3 is 1.96 bits per heavy atom. The van der Waals surface area contributed by atoms with Crippen molar-refractivity contribution in [3.63, 3.8) is 0 Å². The fraction of sp³-hybridized carbons (Fsp3) is 0.0500. The molecule has 0 aliphatic heterocycles. The van der Waals surface area contributed by atoms with Crippen LogP contribution in [0.4, 0.5) is 0 Å². The van der Waals surface area contributed by atoms with Crippen LogP contribution in [0.3, 0.4) is 0 Å². The fourth-order valence-electron chi connectivity index (χ4n) is 2.66. The van der Waals surface area contributed by atoms with Crippen LogP contribution in [-0.4, -0.2) is 33.0 Å². The van der Waals surface area contributed by atoms with Crippen LogP contribution in [0.15, 0.2) is 67.0 Å². The Balaban J connectivity index is 1.98. The molecule has 126 valence electrons. The van der Waals surface area contributed by atoms with Crippen molar-refractivity contribution in [2.45, 2.75) is 0 Å². The summed E-state index contributed by atoms with van der Waals surface area (Å²) in [7, 11) is 1.35. The Morgan fingerprint density at radius 1 is 0.808 bits per heavy atom. The van der Waals surface area contributed by atoms with Gasteiger partial charge in [-0.3, -0.25) is 9.97 Å². The van der Waals surface area contributed by atoms with Crippen LogP contribution in [0.2, 0.25) is 0 Å². The lowest BCUT2D eigenvalue weighted by Crippen LogP contribution is -2.03. The molecule has 0 radical (unpaired) electrons. The van der Waals surface area contributed by atoms with Crippen molar-refractivity contribution in [1.29, 1.82) is 0 Å². The first-order valence-electron chi connectivity index (χ1n) is 7.99. The molecule has 1 aromatic carbocycles. The molecule has 3 heterocycles. The highest BCUT2D eigenvalue weighted by Gasteiger charge is 2.16. The van der Waals surface area contributed by atoms with Gasteiger partial charge in [-0.2, -0.15) is 0 Å². The summed E-state index contributed by atoms with van der Waals surface area (Å²) in [6.45, 7) is 0. The molecule has 26 heavy (non-hydrogen) atoms.